The van der Waals surface area contributed by atoms with Crippen molar-refractivity contribution in [3.8, 4) is 11.6 Å². The van der Waals surface area contributed by atoms with Crippen LogP contribution < -0.4 is 19.1 Å². The lowest BCUT2D eigenvalue weighted by Gasteiger charge is -2.42. The van der Waals surface area contributed by atoms with E-state index in [1.165, 1.54) is 43.6 Å². The first kappa shape index (κ1) is 33.0. The maximum absolute atomic E-state index is 15.0. The van der Waals surface area contributed by atoms with E-state index in [0.717, 1.165) is 43.3 Å². The molecule has 0 spiro atoms. The number of piperazine rings is 1. The molecule has 2 saturated heterocycles. The molecule has 3 aliphatic heterocycles. The molecular formula is C33H39ClN6O6S. The zero-order chi connectivity index (χ0) is 33.3. The Morgan fingerprint density at radius 2 is 1.74 bits per heavy atom. The molecule has 3 amide bonds. The quantitative estimate of drug-likeness (QED) is 0.380. The third kappa shape index (κ3) is 5.90. The molecule has 6 rings (SSSR count). The number of carbonyl (C=O) groups is 2. The van der Waals surface area contributed by atoms with E-state index in [2.05, 4.69) is 27.1 Å². The molecule has 0 radical (unpaired) electrons. The lowest BCUT2D eigenvalue weighted by Crippen LogP contribution is -2.59. The summed E-state index contributed by atoms with van der Waals surface area (Å²) in [6, 6.07) is 13.6. The van der Waals surface area contributed by atoms with Crippen LogP contribution in [0.25, 0.3) is 0 Å². The van der Waals surface area contributed by atoms with Crippen molar-refractivity contribution >= 4 is 39.2 Å². The second-order valence-corrected chi connectivity index (χ2v) is 14.1. The Hall–Kier alpha value is -3.91. The van der Waals surface area contributed by atoms with Crippen LogP contribution in [0.15, 0.2) is 65.7 Å². The van der Waals surface area contributed by atoms with E-state index >= 15 is 4.79 Å². The van der Waals surface area contributed by atoms with Gasteiger partial charge < -0.3 is 24.6 Å². The summed E-state index contributed by atoms with van der Waals surface area (Å²) in [5.41, 5.74) is -1.62. The second-order valence-electron chi connectivity index (χ2n) is 11.9. The van der Waals surface area contributed by atoms with E-state index in [0.29, 0.717) is 19.1 Å². The smallest absolute Gasteiger partial charge is 0.318 e. The number of hydrogen-bond donors (Lipinski definition) is 1. The average molecular weight is 683 g/mol. The highest BCUT2D eigenvalue weighted by Crippen LogP contribution is 2.50. The summed E-state index contributed by atoms with van der Waals surface area (Å²) in [6.07, 6.45) is 3.08. The van der Waals surface area contributed by atoms with Crippen LogP contribution in [-0.2, 0) is 20.4 Å². The molecule has 0 aliphatic carbocycles. The largest absolute Gasteiger partial charge is 0.495 e. The summed E-state index contributed by atoms with van der Waals surface area (Å²) in [7, 11) is -1.09. The zero-order valence-corrected chi connectivity index (χ0v) is 28.3. The van der Waals surface area contributed by atoms with Crippen molar-refractivity contribution in [3.05, 3.63) is 76.9 Å². The molecule has 47 heavy (non-hydrogen) atoms. The number of nitrogens with one attached hydrogen (secondary N) is 1. The number of hydrogen-bond acceptors (Lipinski definition) is 9. The first-order valence-electron chi connectivity index (χ1n) is 15.7. The molecule has 2 fully saturated rings. The van der Waals surface area contributed by atoms with Gasteiger partial charge in [0.05, 0.1) is 25.0 Å². The van der Waals surface area contributed by atoms with E-state index in [9.17, 15) is 13.2 Å². The number of sulfonamides is 1. The van der Waals surface area contributed by atoms with Crippen molar-refractivity contribution in [2.45, 2.75) is 36.2 Å². The van der Waals surface area contributed by atoms with Crippen molar-refractivity contribution in [1.29, 1.82) is 0 Å². The number of pyridine rings is 1. The van der Waals surface area contributed by atoms with Gasteiger partial charge >= 0.3 is 6.03 Å². The second kappa shape index (κ2) is 13.3. The maximum atomic E-state index is 15.0. The highest BCUT2D eigenvalue weighted by Gasteiger charge is 2.59. The Bertz CT molecular complexity index is 1760. The number of urea groups is 1. The van der Waals surface area contributed by atoms with Crippen LogP contribution in [0.2, 0.25) is 5.02 Å². The molecule has 3 aromatic rings. The molecule has 1 atom stereocenters. The Morgan fingerprint density at radius 3 is 2.45 bits per heavy atom. The van der Waals surface area contributed by atoms with Crippen LogP contribution in [0.5, 0.6) is 11.6 Å². The number of benzene rings is 2. The summed E-state index contributed by atoms with van der Waals surface area (Å²) in [6.45, 7) is 6.93. The predicted octanol–water partition coefficient (Wildman–Crippen LogP) is 3.54. The Balaban J connectivity index is 1.42. The number of anilines is 1. The molecule has 1 aromatic heterocycles. The molecule has 0 bridgehead atoms. The van der Waals surface area contributed by atoms with E-state index in [1.807, 2.05) is 0 Å². The van der Waals surface area contributed by atoms with Crippen molar-refractivity contribution in [2.24, 2.45) is 0 Å². The molecule has 250 valence electrons. The van der Waals surface area contributed by atoms with Crippen LogP contribution in [0.1, 0.15) is 30.9 Å². The Kier molecular flexibility index (Phi) is 9.34. The molecule has 2 aromatic carbocycles. The summed E-state index contributed by atoms with van der Waals surface area (Å²) < 4.78 is 40.8. The van der Waals surface area contributed by atoms with Gasteiger partial charge in [0.1, 0.15) is 10.6 Å². The van der Waals surface area contributed by atoms with Crippen molar-refractivity contribution in [2.75, 3.05) is 64.3 Å². The number of fused-ring (bicyclic) bond motifs is 1. The lowest BCUT2D eigenvalue weighted by atomic mass is 9.84. The molecule has 0 saturated carbocycles. The van der Waals surface area contributed by atoms with Gasteiger partial charge in [0.15, 0.2) is 5.54 Å². The summed E-state index contributed by atoms with van der Waals surface area (Å²) >= 11 is 6.52. The van der Waals surface area contributed by atoms with Gasteiger partial charge in [-0.2, -0.15) is 4.31 Å². The molecule has 1 N–H and O–H groups in total. The monoisotopic (exact) mass is 682 g/mol. The van der Waals surface area contributed by atoms with Crippen LogP contribution in [-0.4, -0.2) is 106 Å². The Labute approximate surface area is 280 Å². The van der Waals surface area contributed by atoms with E-state index in [-0.39, 0.29) is 45.0 Å². The number of amides is 3. The van der Waals surface area contributed by atoms with Gasteiger partial charge in [-0.1, -0.05) is 23.7 Å². The van der Waals surface area contributed by atoms with Gasteiger partial charge in [-0.25, -0.2) is 18.2 Å². The molecule has 14 heteroatoms. The number of para-hydroxylation sites is 1. The SMILES string of the molecule is CCOc1ncccc1C1(NC(=O)N2CCC(N3CCN(C)CC3)CC2)C(=O)N(S(=O)(=O)c2ccccc2OC)c2ccc(Cl)cc21. The molecule has 12 nitrogen and oxygen atoms in total. The van der Waals surface area contributed by atoms with E-state index < -0.39 is 27.5 Å². The minimum Gasteiger partial charge on any atom is -0.495 e. The highest BCUT2D eigenvalue weighted by molar-refractivity contribution is 7.93. The van der Waals surface area contributed by atoms with Gasteiger partial charge in [0, 0.05) is 62.1 Å². The zero-order valence-electron chi connectivity index (χ0n) is 26.7. The fourth-order valence-corrected chi connectivity index (χ4v) is 8.57. The fourth-order valence-electron chi connectivity index (χ4n) is 6.77. The number of rotatable bonds is 8. The topological polar surface area (TPSA) is 125 Å². The molecule has 4 heterocycles. The number of ether oxygens (including phenoxy) is 2. The first-order valence-corrected chi connectivity index (χ1v) is 17.5. The number of methoxy groups -OCH3 is 1. The fraction of sp³-hybridized carbons (Fsp3) is 0.424. The Morgan fingerprint density at radius 1 is 1.02 bits per heavy atom. The standard InChI is InChI=1S/C33H39ClN6O6S/c1-4-46-30-25(8-7-15-35-30)33(36-32(42)39-16-13-24(14-17-39)38-20-18-37(2)19-21-38)26-22-23(34)11-12-27(26)40(31(33)41)47(43,44)29-10-6-5-9-28(29)45-3/h5-12,15,22,24H,4,13-14,16-21H2,1-3H3,(H,36,42). The first-order chi connectivity index (χ1) is 22.6. The summed E-state index contributed by atoms with van der Waals surface area (Å²) in [5, 5.41) is 3.25. The van der Waals surface area contributed by atoms with Crippen LogP contribution in [0.4, 0.5) is 10.5 Å². The molecular weight excluding hydrogens is 644 g/mol. The number of carbonyl (C=O) groups excluding carboxylic acids is 2. The van der Waals surface area contributed by atoms with Gasteiger partial charge in [-0.15, -0.1) is 0 Å². The summed E-state index contributed by atoms with van der Waals surface area (Å²) in [4.78, 5) is 39.9. The van der Waals surface area contributed by atoms with Gasteiger partial charge in [0.2, 0.25) is 5.88 Å². The number of piperidine rings is 1. The number of aromatic nitrogens is 1. The van der Waals surface area contributed by atoms with E-state index in [4.69, 9.17) is 21.1 Å². The van der Waals surface area contributed by atoms with Gasteiger partial charge in [-0.05, 0) is 69.3 Å². The molecule has 1 unspecified atom stereocenters. The maximum Gasteiger partial charge on any atom is 0.318 e. The van der Waals surface area contributed by atoms with Crippen molar-refractivity contribution in [3.63, 3.8) is 0 Å². The number of halogens is 1. The molecule has 3 aliphatic rings. The third-order valence-corrected chi connectivity index (χ3v) is 11.2. The van der Waals surface area contributed by atoms with Crippen LogP contribution >= 0.6 is 11.6 Å². The predicted molar refractivity (Wildman–Crippen MR) is 178 cm³/mol. The van der Waals surface area contributed by atoms with Crippen molar-refractivity contribution < 1.29 is 27.5 Å². The minimum atomic E-state index is -4.56. The summed E-state index contributed by atoms with van der Waals surface area (Å²) in [5.74, 6) is -0.771. The minimum absolute atomic E-state index is 0.0469. The lowest BCUT2D eigenvalue weighted by molar-refractivity contribution is -0.121. The van der Waals surface area contributed by atoms with Crippen molar-refractivity contribution in [1.82, 2.24) is 25.0 Å². The average Bonchev–Trinajstić information content (AvgIpc) is 3.33. The van der Waals surface area contributed by atoms with E-state index in [1.54, 1.807) is 36.1 Å². The number of likely N-dealkylation sites (N-methyl/N-ethyl adjacent to an activating group) is 1. The van der Waals surface area contributed by atoms with Crippen LogP contribution in [0.3, 0.4) is 0 Å². The third-order valence-electron chi connectivity index (χ3n) is 9.23. The number of nitrogens with zero attached hydrogens (tertiary/aromatic N) is 5. The van der Waals surface area contributed by atoms with Crippen LogP contribution in [0, 0.1) is 0 Å². The van der Waals surface area contributed by atoms with Gasteiger partial charge in [0.25, 0.3) is 15.9 Å². The normalized spacial score (nSPS) is 21.1. The highest BCUT2D eigenvalue weighted by atomic mass is 35.5. The van der Waals surface area contributed by atoms with Gasteiger partial charge in [-0.3, -0.25) is 9.69 Å². The number of likely N-dealkylation sites (tertiary alicyclic amines) is 1.